The maximum atomic E-state index is 5.06. The SMILES string of the molecule is CN=C(NCCCOC)NCC1(c2cccc(Br)c2)CCC1. The van der Waals surface area contributed by atoms with Crippen LogP contribution in [0.2, 0.25) is 0 Å². The van der Waals surface area contributed by atoms with Gasteiger partial charge < -0.3 is 15.4 Å². The smallest absolute Gasteiger partial charge is 0.191 e. The minimum Gasteiger partial charge on any atom is -0.385 e. The lowest BCUT2D eigenvalue weighted by molar-refractivity contribution is 0.195. The fraction of sp³-hybridized carbons (Fsp3) is 0.588. The molecule has 1 aliphatic carbocycles. The largest absolute Gasteiger partial charge is 0.385 e. The average Bonchev–Trinajstić information content (AvgIpc) is 2.48. The molecule has 0 radical (unpaired) electrons. The van der Waals surface area contributed by atoms with E-state index in [-0.39, 0.29) is 5.41 Å². The zero-order valence-electron chi connectivity index (χ0n) is 13.5. The predicted molar refractivity (Wildman–Crippen MR) is 95.5 cm³/mol. The van der Waals surface area contributed by atoms with E-state index in [1.807, 2.05) is 7.05 Å². The highest BCUT2D eigenvalue weighted by Crippen LogP contribution is 2.43. The third kappa shape index (κ3) is 4.46. The first kappa shape index (κ1) is 17.3. The van der Waals surface area contributed by atoms with Gasteiger partial charge in [0.25, 0.3) is 0 Å². The highest BCUT2D eigenvalue weighted by atomic mass is 79.9. The van der Waals surface area contributed by atoms with E-state index in [1.165, 1.54) is 24.8 Å². The summed E-state index contributed by atoms with van der Waals surface area (Å²) in [6.45, 7) is 2.57. The molecule has 0 heterocycles. The van der Waals surface area contributed by atoms with Crippen molar-refractivity contribution in [2.24, 2.45) is 4.99 Å². The molecule has 122 valence electrons. The summed E-state index contributed by atoms with van der Waals surface area (Å²) in [6, 6.07) is 8.69. The average molecular weight is 368 g/mol. The molecule has 1 aliphatic rings. The quantitative estimate of drug-likeness (QED) is 0.442. The Balaban J connectivity index is 1.90. The van der Waals surface area contributed by atoms with Gasteiger partial charge >= 0.3 is 0 Å². The van der Waals surface area contributed by atoms with Gasteiger partial charge in [0.2, 0.25) is 0 Å². The molecule has 1 aromatic carbocycles. The lowest BCUT2D eigenvalue weighted by Crippen LogP contribution is -2.49. The number of nitrogens with one attached hydrogen (secondary N) is 2. The molecular weight excluding hydrogens is 342 g/mol. The van der Waals surface area contributed by atoms with E-state index in [2.05, 4.69) is 55.8 Å². The van der Waals surface area contributed by atoms with Crippen LogP contribution in [0.4, 0.5) is 0 Å². The Morgan fingerprint density at radius 1 is 1.36 bits per heavy atom. The van der Waals surface area contributed by atoms with Crippen LogP contribution in [-0.2, 0) is 10.2 Å². The molecule has 0 saturated heterocycles. The van der Waals surface area contributed by atoms with Gasteiger partial charge in [-0.2, -0.15) is 0 Å². The molecule has 1 aromatic rings. The van der Waals surface area contributed by atoms with E-state index in [0.29, 0.717) is 0 Å². The van der Waals surface area contributed by atoms with Crippen LogP contribution in [0.5, 0.6) is 0 Å². The molecule has 0 aliphatic heterocycles. The first-order valence-corrected chi connectivity index (χ1v) is 8.69. The summed E-state index contributed by atoms with van der Waals surface area (Å²) in [4.78, 5) is 4.30. The van der Waals surface area contributed by atoms with E-state index in [4.69, 9.17) is 4.74 Å². The maximum absolute atomic E-state index is 5.06. The van der Waals surface area contributed by atoms with Gasteiger partial charge in [-0.05, 0) is 37.0 Å². The van der Waals surface area contributed by atoms with Crippen LogP contribution in [0, 0.1) is 0 Å². The second-order valence-electron chi connectivity index (χ2n) is 5.84. The zero-order chi connectivity index (χ0) is 15.8. The molecule has 1 fully saturated rings. The van der Waals surface area contributed by atoms with E-state index in [0.717, 1.165) is 36.5 Å². The molecule has 0 spiro atoms. The monoisotopic (exact) mass is 367 g/mol. The summed E-state index contributed by atoms with van der Waals surface area (Å²) >= 11 is 3.58. The van der Waals surface area contributed by atoms with Crippen molar-refractivity contribution >= 4 is 21.9 Å². The number of rotatable bonds is 7. The van der Waals surface area contributed by atoms with E-state index in [1.54, 1.807) is 7.11 Å². The summed E-state index contributed by atoms with van der Waals surface area (Å²) in [5.41, 5.74) is 1.66. The van der Waals surface area contributed by atoms with Crippen LogP contribution in [-0.4, -0.2) is 39.8 Å². The summed E-state index contributed by atoms with van der Waals surface area (Å²) in [7, 11) is 3.55. The Morgan fingerprint density at radius 2 is 2.18 bits per heavy atom. The van der Waals surface area contributed by atoms with Crippen molar-refractivity contribution in [3.8, 4) is 0 Å². The summed E-state index contributed by atoms with van der Waals surface area (Å²) in [5.74, 6) is 0.873. The van der Waals surface area contributed by atoms with Crippen LogP contribution in [0.25, 0.3) is 0 Å². The molecule has 0 bridgehead atoms. The van der Waals surface area contributed by atoms with Crippen LogP contribution in [0.1, 0.15) is 31.2 Å². The first-order valence-electron chi connectivity index (χ1n) is 7.90. The van der Waals surface area contributed by atoms with Crippen molar-refractivity contribution in [1.29, 1.82) is 0 Å². The van der Waals surface area contributed by atoms with Gasteiger partial charge in [-0.1, -0.05) is 34.5 Å². The van der Waals surface area contributed by atoms with Crippen molar-refractivity contribution in [3.05, 3.63) is 34.3 Å². The highest BCUT2D eigenvalue weighted by Gasteiger charge is 2.38. The fourth-order valence-electron chi connectivity index (χ4n) is 2.89. The third-order valence-electron chi connectivity index (χ3n) is 4.38. The van der Waals surface area contributed by atoms with Crippen LogP contribution in [0.15, 0.2) is 33.7 Å². The van der Waals surface area contributed by atoms with Gasteiger partial charge in [0, 0.05) is 43.7 Å². The molecule has 22 heavy (non-hydrogen) atoms. The Hall–Kier alpha value is -1.07. The second kappa shape index (κ2) is 8.53. The summed E-state index contributed by atoms with van der Waals surface area (Å²) in [6.07, 6.45) is 4.75. The lowest BCUT2D eigenvalue weighted by atomic mass is 9.64. The zero-order valence-corrected chi connectivity index (χ0v) is 15.1. The molecule has 4 nitrogen and oxygen atoms in total. The van der Waals surface area contributed by atoms with E-state index >= 15 is 0 Å². The Labute approximate surface area is 141 Å². The van der Waals surface area contributed by atoms with Crippen molar-refractivity contribution in [1.82, 2.24) is 10.6 Å². The third-order valence-corrected chi connectivity index (χ3v) is 4.88. The number of halogens is 1. The molecule has 2 rings (SSSR count). The predicted octanol–water partition coefficient (Wildman–Crippen LogP) is 3.07. The first-order chi connectivity index (χ1) is 10.7. The van der Waals surface area contributed by atoms with E-state index < -0.39 is 0 Å². The Kier molecular flexibility index (Phi) is 6.70. The van der Waals surface area contributed by atoms with Crippen molar-refractivity contribution in [3.63, 3.8) is 0 Å². The maximum Gasteiger partial charge on any atom is 0.191 e. The molecule has 0 unspecified atom stereocenters. The Bertz CT molecular complexity index is 500. The van der Waals surface area contributed by atoms with Crippen LogP contribution in [0.3, 0.4) is 0 Å². The summed E-state index contributed by atoms with van der Waals surface area (Å²) in [5, 5.41) is 6.83. The number of nitrogens with zero attached hydrogens (tertiary/aromatic N) is 1. The number of methoxy groups -OCH3 is 1. The number of aliphatic imine (C=N–C) groups is 1. The van der Waals surface area contributed by atoms with E-state index in [9.17, 15) is 0 Å². The number of hydrogen-bond acceptors (Lipinski definition) is 2. The fourth-order valence-corrected chi connectivity index (χ4v) is 3.29. The molecule has 0 amide bonds. The Morgan fingerprint density at radius 3 is 2.77 bits per heavy atom. The standard InChI is InChI=1S/C17H26BrN3O/c1-19-16(20-10-5-11-22-2)21-13-17(8-4-9-17)14-6-3-7-15(18)12-14/h3,6-7,12H,4-5,8-11,13H2,1-2H3,(H2,19,20,21). The minimum atomic E-state index is 0.244. The molecule has 0 atom stereocenters. The minimum absolute atomic E-state index is 0.244. The number of guanidine groups is 1. The summed E-state index contributed by atoms with van der Waals surface area (Å²) < 4.78 is 6.21. The molecule has 5 heteroatoms. The number of ether oxygens (including phenoxy) is 1. The molecule has 1 saturated carbocycles. The molecule has 0 aromatic heterocycles. The van der Waals surface area contributed by atoms with Gasteiger partial charge in [-0.25, -0.2) is 0 Å². The number of hydrogen-bond donors (Lipinski definition) is 2. The van der Waals surface area contributed by atoms with Gasteiger partial charge in [0.05, 0.1) is 0 Å². The van der Waals surface area contributed by atoms with Gasteiger partial charge in [-0.3, -0.25) is 4.99 Å². The second-order valence-corrected chi connectivity index (χ2v) is 6.76. The lowest BCUT2D eigenvalue weighted by Gasteiger charge is -2.43. The van der Waals surface area contributed by atoms with Crippen molar-refractivity contribution in [2.75, 3.05) is 33.9 Å². The molecular formula is C17H26BrN3O. The number of benzene rings is 1. The van der Waals surface area contributed by atoms with Crippen LogP contribution >= 0.6 is 15.9 Å². The van der Waals surface area contributed by atoms with Gasteiger partial charge in [-0.15, -0.1) is 0 Å². The molecule has 2 N–H and O–H groups in total. The topological polar surface area (TPSA) is 45.7 Å². The van der Waals surface area contributed by atoms with Gasteiger partial charge in [0.1, 0.15) is 0 Å². The highest BCUT2D eigenvalue weighted by molar-refractivity contribution is 9.10. The van der Waals surface area contributed by atoms with Crippen molar-refractivity contribution < 1.29 is 4.74 Å². The normalized spacial score (nSPS) is 17.0. The van der Waals surface area contributed by atoms with Gasteiger partial charge in [0.15, 0.2) is 5.96 Å². The van der Waals surface area contributed by atoms with Crippen molar-refractivity contribution in [2.45, 2.75) is 31.1 Å². The van der Waals surface area contributed by atoms with Crippen LogP contribution < -0.4 is 10.6 Å².